The van der Waals surface area contributed by atoms with E-state index in [0.717, 1.165) is 0 Å². The number of hydrogen-bond acceptors (Lipinski definition) is 4. The van der Waals surface area contributed by atoms with Crippen LogP contribution in [0, 0.1) is 11.3 Å². The minimum Gasteiger partial charge on any atom is -0.478 e. The van der Waals surface area contributed by atoms with Gasteiger partial charge in [-0.1, -0.05) is 23.2 Å². The number of anilines is 2. The van der Waals surface area contributed by atoms with E-state index in [2.05, 4.69) is 10.6 Å². The van der Waals surface area contributed by atoms with Gasteiger partial charge in [0.25, 0.3) is 5.91 Å². The molecule has 0 heterocycles. The minimum absolute atomic E-state index is 0.130. The molecule has 2 rings (SSSR count). The standard InChI is InChI=1S/C17H11Cl2N3O3/c18-12-3-6-15(14(19)7-12)22-16(23)11(8-20)9-21-13-4-1-10(2-5-13)17(24)25/h1-7,9,21H,(H,22,23)(H,24,25)/b11-9-. The third kappa shape index (κ3) is 4.98. The second-order valence-electron chi connectivity index (χ2n) is 4.77. The summed E-state index contributed by atoms with van der Waals surface area (Å²) in [5.41, 5.74) is 0.789. The smallest absolute Gasteiger partial charge is 0.335 e. The summed E-state index contributed by atoms with van der Waals surface area (Å²) in [6, 6.07) is 12.2. The molecular weight excluding hydrogens is 365 g/mol. The number of carbonyl (C=O) groups is 2. The van der Waals surface area contributed by atoms with Gasteiger partial charge in [-0.25, -0.2) is 4.79 Å². The molecule has 0 aliphatic rings. The van der Waals surface area contributed by atoms with Crippen molar-refractivity contribution < 1.29 is 14.7 Å². The first-order chi connectivity index (χ1) is 11.9. The lowest BCUT2D eigenvalue weighted by Crippen LogP contribution is -2.14. The van der Waals surface area contributed by atoms with Crippen LogP contribution in [0.2, 0.25) is 10.0 Å². The van der Waals surface area contributed by atoms with Crippen LogP contribution in [0.3, 0.4) is 0 Å². The molecule has 0 saturated carbocycles. The topological polar surface area (TPSA) is 102 Å². The van der Waals surface area contributed by atoms with E-state index in [1.807, 2.05) is 0 Å². The van der Waals surface area contributed by atoms with Crippen molar-refractivity contribution in [3.05, 3.63) is 69.8 Å². The highest BCUT2D eigenvalue weighted by atomic mass is 35.5. The third-order valence-corrected chi connectivity index (χ3v) is 3.61. The molecule has 8 heteroatoms. The Hall–Kier alpha value is -3.01. The second-order valence-corrected chi connectivity index (χ2v) is 5.62. The number of halogens is 2. The van der Waals surface area contributed by atoms with Crippen LogP contribution in [0.4, 0.5) is 11.4 Å². The Morgan fingerprint density at radius 3 is 2.36 bits per heavy atom. The Kier molecular flexibility index (Phi) is 6.01. The van der Waals surface area contributed by atoms with Gasteiger partial charge in [-0.2, -0.15) is 5.26 Å². The van der Waals surface area contributed by atoms with E-state index >= 15 is 0 Å². The third-order valence-electron chi connectivity index (χ3n) is 3.06. The summed E-state index contributed by atoms with van der Waals surface area (Å²) < 4.78 is 0. The number of carboxylic acids is 1. The molecular formula is C17H11Cl2N3O3. The quantitative estimate of drug-likeness (QED) is 0.538. The van der Waals surface area contributed by atoms with E-state index in [-0.39, 0.29) is 16.2 Å². The molecule has 0 spiro atoms. The Labute approximate surface area is 153 Å². The van der Waals surface area contributed by atoms with Crippen molar-refractivity contribution in [1.82, 2.24) is 0 Å². The SMILES string of the molecule is N#C/C(=C/Nc1ccc(C(=O)O)cc1)C(=O)Nc1ccc(Cl)cc1Cl. The lowest BCUT2D eigenvalue weighted by Gasteiger charge is -2.07. The van der Waals surface area contributed by atoms with Gasteiger partial charge in [0.2, 0.25) is 0 Å². The summed E-state index contributed by atoms with van der Waals surface area (Å²) in [5.74, 6) is -1.69. The van der Waals surface area contributed by atoms with Crippen LogP contribution in [0.1, 0.15) is 10.4 Å². The van der Waals surface area contributed by atoms with E-state index in [0.29, 0.717) is 16.4 Å². The monoisotopic (exact) mass is 375 g/mol. The predicted octanol–water partition coefficient (Wildman–Crippen LogP) is 4.15. The van der Waals surface area contributed by atoms with Gasteiger partial charge < -0.3 is 15.7 Å². The number of amides is 1. The van der Waals surface area contributed by atoms with Gasteiger partial charge >= 0.3 is 5.97 Å². The lowest BCUT2D eigenvalue weighted by atomic mass is 10.2. The first-order valence-electron chi connectivity index (χ1n) is 6.87. The van der Waals surface area contributed by atoms with Crippen LogP contribution in [-0.2, 0) is 4.79 Å². The summed E-state index contributed by atoms with van der Waals surface area (Å²) in [7, 11) is 0. The van der Waals surface area contributed by atoms with Crippen LogP contribution < -0.4 is 10.6 Å². The van der Waals surface area contributed by atoms with Crippen molar-refractivity contribution in [2.75, 3.05) is 10.6 Å². The number of hydrogen-bond donors (Lipinski definition) is 3. The molecule has 1 amide bonds. The van der Waals surface area contributed by atoms with Crippen LogP contribution in [0.15, 0.2) is 54.2 Å². The van der Waals surface area contributed by atoms with Crippen molar-refractivity contribution in [2.24, 2.45) is 0 Å². The van der Waals surface area contributed by atoms with Gasteiger partial charge in [-0.05, 0) is 42.5 Å². The zero-order chi connectivity index (χ0) is 18.4. The maximum Gasteiger partial charge on any atom is 0.335 e. The van der Waals surface area contributed by atoms with E-state index in [1.165, 1.54) is 42.6 Å². The highest BCUT2D eigenvalue weighted by molar-refractivity contribution is 6.36. The van der Waals surface area contributed by atoms with Crippen molar-refractivity contribution in [1.29, 1.82) is 5.26 Å². The van der Waals surface area contributed by atoms with Crippen molar-refractivity contribution >= 4 is 46.5 Å². The fourth-order valence-electron chi connectivity index (χ4n) is 1.79. The van der Waals surface area contributed by atoms with Gasteiger partial charge in [-0.15, -0.1) is 0 Å². The van der Waals surface area contributed by atoms with E-state index in [9.17, 15) is 9.59 Å². The fraction of sp³-hybridized carbons (Fsp3) is 0. The zero-order valence-electron chi connectivity index (χ0n) is 12.6. The molecule has 0 aromatic heterocycles. The van der Waals surface area contributed by atoms with Crippen molar-refractivity contribution in [3.8, 4) is 6.07 Å². The second kappa shape index (κ2) is 8.20. The first-order valence-corrected chi connectivity index (χ1v) is 7.63. The summed E-state index contributed by atoms with van der Waals surface area (Å²) in [6.07, 6.45) is 1.22. The number of nitriles is 1. The molecule has 0 aliphatic carbocycles. The predicted molar refractivity (Wildman–Crippen MR) is 95.8 cm³/mol. The molecule has 0 aliphatic heterocycles. The first kappa shape index (κ1) is 18.3. The van der Waals surface area contributed by atoms with Crippen LogP contribution in [0.5, 0.6) is 0 Å². The van der Waals surface area contributed by atoms with Gasteiger partial charge in [0.15, 0.2) is 0 Å². The molecule has 0 saturated heterocycles. The average Bonchev–Trinajstić information content (AvgIpc) is 2.58. The summed E-state index contributed by atoms with van der Waals surface area (Å²) in [4.78, 5) is 22.9. The molecule has 0 unspecified atom stereocenters. The van der Waals surface area contributed by atoms with Crippen molar-refractivity contribution in [3.63, 3.8) is 0 Å². The Morgan fingerprint density at radius 2 is 1.80 bits per heavy atom. The summed E-state index contributed by atoms with van der Waals surface area (Å²) >= 11 is 11.8. The van der Waals surface area contributed by atoms with E-state index in [1.54, 1.807) is 12.1 Å². The number of rotatable bonds is 5. The number of carbonyl (C=O) groups excluding carboxylic acids is 1. The van der Waals surface area contributed by atoms with Crippen LogP contribution in [-0.4, -0.2) is 17.0 Å². The minimum atomic E-state index is -1.04. The maximum absolute atomic E-state index is 12.1. The summed E-state index contributed by atoms with van der Waals surface area (Å²) in [6.45, 7) is 0. The van der Waals surface area contributed by atoms with Crippen molar-refractivity contribution in [2.45, 2.75) is 0 Å². The molecule has 0 radical (unpaired) electrons. The molecule has 0 atom stereocenters. The van der Waals surface area contributed by atoms with E-state index in [4.69, 9.17) is 33.6 Å². The Morgan fingerprint density at radius 1 is 1.12 bits per heavy atom. The summed E-state index contributed by atoms with van der Waals surface area (Å²) in [5, 5.41) is 23.9. The average molecular weight is 376 g/mol. The fourth-order valence-corrected chi connectivity index (χ4v) is 2.25. The van der Waals surface area contributed by atoms with Crippen LogP contribution in [0.25, 0.3) is 0 Å². The molecule has 126 valence electrons. The molecule has 0 fully saturated rings. The van der Waals surface area contributed by atoms with Crippen LogP contribution >= 0.6 is 23.2 Å². The largest absolute Gasteiger partial charge is 0.478 e. The molecule has 2 aromatic rings. The zero-order valence-corrected chi connectivity index (χ0v) is 14.1. The van der Waals surface area contributed by atoms with Gasteiger partial charge in [-0.3, -0.25) is 4.79 Å². The Balaban J connectivity index is 2.09. The molecule has 3 N–H and O–H groups in total. The molecule has 25 heavy (non-hydrogen) atoms. The normalized spacial score (nSPS) is 10.7. The van der Waals surface area contributed by atoms with Gasteiger partial charge in [0, 0.05) is 16.9 Å². The van der Waals surface area contributed by atoms with Gasteiger partial charge in [0.1, 0.15) is 11.6 Å². The number of aromatic carboxylic acids is 1. The highest BCUT2D eigenvalue weighted by Gasteiger charge is 2.11. The number of benzene rings is 2. The molecule has 2 aromatic carbocycles. The molecule has 6 nitrogen and oxygen atoms in total. The highest BCUT2D eigenvalue weighted by Crippen LogP contribution is 2.25. The van der Waals surface area contributed by atoms with Gasteiger partial charge in [0.05, 0.1) is 16.3 Å². The number of carboxylic acid groups (broad SMARTS) is 1. The van der Waals surface area contributed by atoms with E-state index < -0.39 is 11.9 Å². The number of nitrogens with zero attached hydrogens (tertiary/aromatic N) is 1. The number of nitrogens with one attached hydrogen (secondary N) is 2. The lowest BCUT2D eigenvalue weighted by molar-refractivity contribution is -0.112. The Bertz CT molecular complexity index is 887. The molecule has 0 bridgehead atoms. The maximum atomic E-state index is 12.1.